The number of ether oxygens (including phenoxy) is 2. The van der Waals surface area contributed by atoms with Crippen LogP contribution in [-0.2, 0) is 0 Å². The quantitative estimate of drug-likeness (QED) is 0.774. The number of methoxy groups -OCH3 is 2. The Labute approximate surface area is 116 Å². The lowest BCUT2D eigenvalue weighted by Crippen LogP contribution is -2.12. The van der Waals surface area contributed by atoms with Gasteiger partial charge in [-0.05, 0) is 36.5 Å². The van der Waals surface area contributed by atoms with Gasteiger partial charge in [-0.1, -0.05) is 32.8 Å². The number of hydrogen-bond acceptors (Lipinski definition) is 3. The number of hydrogen-bond donors (Lipinski definition) is 1. The van der Waals surface area contributed by atoms with Gasteiger partial charge in [0.25, 0.3) is 0 Å². The highest BCUT2D eigenvalue weighted by molar-refractivity contribution is 5.43. The minimum absolute atomic E-state index is 0.313. The molecule has 0 saturated carbocycles. The van der Waals surface area contributed by atoms with Gasteiger partial charge in [-0.2, -0.15) is 0 Å². The summed E-state index contributed by atoms with van der Waals surface area (Å²) in [5.41, 5.74) is 0.907. The Morgan fingerprint density at radius 3 is 2.05 bits per heavy atom. The fraction of sp³-hybridized carbons (Fsp3) is 0.625. The Morgan fingerprint density at radius 1 is 1.00 bits per heavy atom. The minimum atomic E-state index is -0.431. The third-order valence-corrected chi connectivity index (χ3v) is 3.51. The summed E-state index contributed by atoms with van der Waals surface area (Å²) >= 11 is 0. The molecule has 0 spiro atoms. The van der Waals surface area contributed by atoms with Crippen LogP contribution in [0.4, 0.5) is 0 Å². The summed E-state index contributed by atoms with van der Waals surface area (Å²) < 4.78 is 10.5. The summed E-state index contributed by atoms with van der Waals surface area (Å²) in [6.45, 7) is 4.31. The van der Waals surface area contributed by atoms with Crippen molar-refractivity contribution in [2.45, 2.75) is 45.6 Å². The summed E-state index contributed by atoms with van der Waals surface area (Å²) in [5.74, 6) is 1.68. The fourth-order valence-corrected chi connectivity index (χ4v) is 2.51. The molecule has 108 valence electrons. The van der Waals surface area contributed by atoms with Crippen molar-refractivity contribution >= 4 is 0 Å². The minimum Gasteiger partial charge on any atom is -0.493 e. The SMILES string of the molecule is CCCC(CCC)C(O)c1ccc(OC)c(OC)c1. The van der Waals surface area contributed by atoms with E-state index in [4.69, 9.17) is 9.47 Å². The first-order valence-electron chi connectivity index (χ1n) is 7.07. The van der Waals surface area contributed by atoms with Crippen molar-refractivity contribution in [1.29, 1.82) is 0 Å². The first-order chi connectivity index (χ1) is 9.17. The number of aliphatic hydroxyl groups is 1. The predicted octanol–water partition coefficient (Wildman–Crippen LogP) is 3.95. The Bertz CT molecular complexity index is 370. The molecule has 1 atom stereocenters. The van der Waals surface area contributed by atoms with Crippen LogP contribution in [0.1, 0.15) is 51.2 Å². The Morgan fingerprint density at radius 2 is 1.58 bits per heavy atom. The fourth-order valence-electron chi connectivity index (χ4n) is 2.51. The summed E-state index contributed by atoms with van der Waals surface area (Å²) in [7, 11) is 3.23. The van der Waals surface area contributed by atoms with Crippen LogP contribution in [0.5, 0.6) is 11.5 Å². The monoisotopic (exact) mass is 266 g/mol. The van der Waals surface area contributed by atoms with Gasteiger partial charge in [0, 0.05) is 0 Å². The normalized spacial score (nSPS) is 12.5. The molecule has 19 heavy (non-hydrogen) atoms. The van der Waals surface area contributed by atoms with Crippen molar-refractivity contribution in [1.82, 2.24) is 0 Å². The van der Waals surface area contributed by atoms with Crippen LogP contribution in [0.15, 0.2) is 18.2 Å². The maximum atomic E-state index is 10.5. The van der Waals surface area contributed by atoms with Crippen molar-refractivity contribution < 1.29 is 14.6 Å². The molecule has 1 unspecified atom stereocenters. The molecule has 3 nitrogen and oxygen atoms in total. The van der Waals surface area contributed by atoms with E-state index in [1.54, 1.807) is 14.2 Å². The highest BCUT2D eigenvalue weighted by Gasteiger charge is 2.20. The zero-order chi connectivity index (χ0) is 14.3. The molecular weight excluding hydrogens is 240 g/mol. The van der Waals surface area contributed by atoms with E-state index < -0.39 is 6.10 Å². The van der Waals surface area contributed by atoms with Gasteiger partial charge < -0.3 is 14.6 Å². The lowest BCUT2D eigenvalue weighted by Gasteiger charge is -2.23. The van der Waals surface area contributed by atoms with Crippen molar-refractivity contribution in [3.05, 3.63) is 23.8 Å². The topological polar surface area (TPSA) is 38.7 Å². The molecule has 0 saturated heterocycles. The third kappa shape index (κ3) is 4.13. The smallest absolute Gasteiger partial charge is 0.161 e. The summed E-state index contributed by atoms with van der Waals surface area (Å²) in [4.78, 5) is 0. The van der Waals surface area contributed by atoms with Crippen LogP contribution in [-0.4, -0.2) is 19.3 Å². The van der Waals surface area contributed by atoms with Crippen LogP contribution >= 0.6 is 0 Å². The molecule has 1 rings (SSSR count). The van der Waals surface area contributed by atoms with Gasteiger partial charge in [-0.25, -0.2) is 0 Å². The standard InChI is InChI=1S/C16H26O3/c1-5-7-12(8-6-2)16(17)13-9-10-14(18-3)15(11-13)19-4/h9-12,16-17H,5-8H2,1-4H3. The number of rotatable bonds is 8. The molecule has 0 aliphatic heterocycles. The molecule has 0 amide bonds. The zero-order valence-corrected chi connectivity index (χ0v) is 12.5. The molecule has 0 bridgehead atoms. The molecule has 0 aliphatic rings. The molecule has 1 aromatic carbocycles. The van der Waals surface area contributed by atoms with Crippen molar-refractivity contribution in [2.24, 2.45) is 5.92 Å². The first kappa shape index (κ1) is 15.8. The Kier molecular flexibility index (Phi) is 6.71. The Balaban J connectivity index is 2.93. The first-order valence-corrected chi connectivity index (χ1v) is 7.07. The average molecular weight is 266 g/mol. The van der Waals surface area contributed by atoms with Crippen LogP contribution in [0, 0.1) is 5.92 Å². The molecule has 3 heteroatoms. The molecule has 0 aromatic heterocycles. The summed E-state index contributed by atoms with van der Waals surface area (Å²) in [6.07, 6.45) is 3.84. The van der Waals surface area contributed by atoms with Crippen molar-refractivity contribution in [3.8, 4) is 11.5 Å². The molecule has 0 aliphatic carbocycles. The molecule has 0 fully saturated rings. The second-order valence-electron chi connectivity index (χ2n) is 4.90. The van der Waals surface area contributed by atoms with E-state index in [0.717, 1.165) is 31.2 Å². The van der Waals surface area contributed by atoms with E-state index in [0.29, 0.717) is 17.4 Å². The molecular formula is C16H26O3. The molecule has 1 N–H and O–H groups in total. The second kappa shape index (κ2) is 8.05. The van der Waals surface area contributed by atoms with Crippen LogP contribution in [0.2, 0.25) is 0 Å². The van der Waals surface area contributed by atoms with Gasteiger partial charge in [-0.3, -0.25) is 0 Å². The highest BCUT2D eigenvalue weighted by atomic mass is 16.5. The van der Waals surface area contributed by atoms with Crippen LogP contribution in [0.25, 0.3) is 0 Å². The summed E-state index contributed by atoms with van der Waals surface area (Å²) in [6, 6.07) is 5.65. The zero-order valence-electron chi connectivity index (χ0n) is 12.5. The van der Waals surface area contributed by atoms with E-state index in [2.05, 4.69) is 13.8 Å². The van der Waals surface area contributed by atoms with E-state index in [9.17, 15) is 5.11 Å². The Hall–Kier alpha value is -1.22. The average Bonchev–Trinajstić information content (AvgIpc) is 2.45. The van der Waals surface area contributed by atoms with E-state index in [-0.39, 0.29) is 0 Å². The maximum absolute atomic E-state index is 10.5. The van der Waals surface area contributed by atoms with Crippen molar-refractivity contribution in [3.63, 3.8) is 0 Å². The number of benzene rings is 1. The third-order valence-electron chi connectivity index (χ3n) is 3.51. The van der Waals surface area contributed by atoms with E-state index in [1.807, 2.05) is 18.2 Å². The molecule has 0 heterocycles. The van der Waals surface area contributed by atoms with Crippen molar-refractivity contribution in [2.75, 3.05) is 14.2 Å². The van der Waals surface area contributed by atoms with Gasteiger partial charge in [0.1, 0.15) is 0 Å². The van der Waals surface area contributed by atoms with Crippen LogP contribution < -0.4 is 9.47 Å². The largest absolute Gasteiger partial charge is 0.493 e. The van der Waals surface area contributed by atoms with Crippen LogP contribution in [0.3, 0.4) is 0 Å². The van der Waals surface area contributed by atoms with Gasteiger partial charge in [0.15, 0.2) is 11.5 Å². The lowest BCUT2D eigenvalue weighted by molar-refractivity contribution is 0.0961. The second-order valence-corrected chi connectivity index (χ2v) is 4.90. The van der Waals surface area contributed by atoms with Gasteiger partial charge in [0.2, 0.25) is 0 Å². The van der Waals surface area contributed by atoms with Gasteiger partial charge >= 0.3 is 0 Å². The maximum Gasteiger partial charge on any atom is 0.161 e. The summed E-state index contributed by atoms with van der Waals surface area (Å²) in [5, 5.41) is 10.5. The molecule has 1 aromatic rings. The lowest BCUT2D eigenvalue weighted by atomic mass is 9.88. The van der Waals surface area contributed by atoms with E-state index in [1.165, 1.54) is 0 Å². The van der Waals surface area contributed by atoms with Gasteiger partial charge in [-0.15, -0.1) is 0 Å². The molecule has 0 radical (unpaired) electrons. The van der Waals surface area contributed by atoms with Gasteiger partial charge in [0.05, 0.1) is 20.3 Å². The highest BCUT2D eigenvalue weighted by Crippen LogP contribution is 2.35. The predicted molar refractivity (Wildman–Crippen MR) is 77.8 cm³/mol. The number of aliphatic hydroxyl groups excluding tert-OH is 1. The van der Waals surface area contributed by atoms with E-state index >= 15 is 0 Å².